The molecule has 0 spiro atoms. The number of allylic oxidation sites excluding steroid dienone is 4. The van der Waals surface area contributed by atoms with Gasteiger partial charge < -0.3 is 9.72 Å². The highest BCUT2D eigenvalue weighted by Crippen LogP contribution is 2.44. The van der Waals surface area contributed by atoms with Gasteiger partial charge >= 0.3 is 0 Å². The zero-order chi connectivity index (χ0) is 20.7. The Labute approximate surface area is 170 Å². The minimum Gasteiger partial charge on any atom is -0.497 e. The van der Waals surface area contributed by atoms with E-state index in [-0.39, 0.29) is 36.0 Å². The maximum atomic E-state index is 14.7. The third-order valence-corrected chi connectivity index (χ3v) is 6.20. The third-order valence-electron chi connectivity index (χ3n) is 6.20. The van der Waals surface area contributed by atoms with Crippen molar-refractivity contribution in [1.82, 2.24) is 9.88 Å². The zero-order valence-corrected chi connectivity index (χ0v) is 17.4. The monoisotopic (exact) mass is 398 g/mol. The summed E-state index contributed by atoms with van der Waals surface area (Å²) in [5.74, 6) is -0.814. The quantitative estimate of drug-likeness (QED) is 0.683. The molecule has 0 saturated carbocycles. The smallest absolute Gasteiger partial charge is 0.124 e. The lowest BCUT2D eigenvalue weighted by Crippen LogP contribution is -2.44. The number of hydrogen-bond acceptors (Lipinski definition) is 2. The molecule has 1 aliphatic carbocycles. The van der Waals surface area contributed by atoms with Gasteiger partial charge in [-0.3, -0.25) is 4.90 Å². The van der Waals surface area contributed by atoms with E-state index in [4.69, 9.17) is 4.74 Å². The Bertz CT molecular complexity index is 1020. The molecular formula is C24H28F2N2O. The van der Waals surface area contributed by atoms with E-state index in [1.165, 1.54) is 35.8 Å². The van der Waals surface area contributed by atoms with Crippen molar-refractivity contribution in [3.63, 3.8) is 0 Å². The van der Waals surface area contributed by atoms with Gasteiger partial charge in [-0.05, 0) is 50.6 Å². The van der Waals surface area contributed by atoms with Gasteiger partial charge in [-0.1, -0.05) is 18.6 Å². The van der Waals surface area contributed by atoms with Gasteiger partial charge in [0.2, 0.25) is 0 Å². The zero-order valence-electron chi connectivity index (χ0n) is 17.4. The van der Waals surface area contributed by atoms with Gasteiger partial charge in [0, 0.05) is 47.1 Å². The standard InChI is InChI=1S/C24H28F2N2O/c1-5-28-15(3)9-21-20-8-14(2)6-7-22(20)27-23(21)24(28)16-10-17(25)12-19(29-4)13-18(26)11-16/h6-8,10,12-13,15-16,24,27H,5,9,11H2,1-4H3/b17-10-,18-13+,19-12+/t15-,16?,24-/m0/s1. The first-order valence-corrected chi connectivity index (χ1v) is 10.3. The number of ether oxygens (including phenoxy) is 1. The van der Waals surface area contributed by atoms with E-state index in [0.717, 1.165) is 24.2 Å². The molecule has 0 bridgehead atoms. The van der Waals surface area contributed by atoms with Crippen LogP contribution in [0, 0.1) is 12.8 Å². The largest absolute Gasteiger partial charge is 0.497 e. The predicted molar refractivity (Wildman–Crippen MR) is 113 cm³/mol. The van der Waals surface area contributed by atoms with Crippen molar-refractivity contribution < 1.29 is 13.5 Å². The summed E-state index contributed by atoms with van der Waals surface area (Å²) >= 11 is 0. The number of aromatic amines is 1. The molecule has 2 heterocycles. The first-order chi connectivity index (χ1) is 13.9. The molecule has 1 aromatic heterocycles. The second kappa shape index (κ2) is 7.79. The van der Waals surface area contributed by atoms with Crippen LogP contribution in [-0.4, -0.2) is 29.6 Å². The number of rotatable bonds is 3. The molecular weight excluding hydrogens is 370 g/mol. The summed E-state index contributed by atoms with van der Waals surface area (Å²) in [7, 11) is 1.42. The van der Waals surface area contributed by atoms with Gasteiger partial charge in [0.1, 0.15) is 17.4 Å². The van der Waals surface area contributed by atoms with Gasteiger partial charge in [0.15, 0.2) is 0 Å². The summed E-state index contributed by atoms with van der Waals surface area (Å²) in [5.41, 5.74) is 4.66. The van der Waals surface area contributed by atoms with E-state index >= 15 is 0 Å². The van der Waals surface area contributed by atoms with E-state index in [2.05, 4.69) is 48.9 Å². The number of nitrogens with one attached hydrogen (secondary N) is 1. The molecule has 2 aliphatic rings. The normalized spacial score (nSPS) is 31.0. The molecule has 0 saturated heterocycles. The molecule has 0 radical (unpaired) electrons. The fourth-order valence-corrected chi connectivity index (χ4v) is 4.92. The SMILES string of the molecule is CCN1[C@@H](C2/C=C(F)/C=C(OC)\C=C(\F)C2)c2[nH]c3ccc(C)cc3c2C[C@@H]1C. The van der Waals surface area contributed by atoms with E-state index in [9.17, 15) is 8.78 Å². The molecule has 154 valence electrons. The van der Waals surface area contributed by atoms with Gasteiger partial charge in [0.05, 0.1) is 13.2 Å². The van der Waals surface area contributed by atoms with Crippen LogP contribution in [0.4, 0.5) is 8.78 Å². The average Bonchev–Trinajstić information content (AvgIpc) is 3.01. The molecule has 1 aliphatic heterocycles. The predicted octanol–water partition coefficient (Wildman–Crippen LogP) is 6.04. The van der Waals surface area contributed by atoms with Crippen LogP contribution in [0.15, 0.2) is 53.8 Å². The molecule has 3 nitrogen and oxygen atoms in total. The lowest BCUT2D eigenvalue weighted by molar-refractivity contribution is 0.100. The summed E-state index contributed by atoms with van der Waals surface area (Å²) in [4.78, 5) is 5.94. The van der Waals surface area contributed by atoms with Crippen LogP contribution in [0.2, 0.25) is 0 Å². The molecule has 5 heteroatoms. The Morgan fingerprint density at radius 3 is 2.72 bits per heavy atom. The fraction of sp³-hybridized carbons (Fsp3) is 0.417. The Morgan fingerprint density at radius 1 is 1.21 bits per heavy atom. The Morgan fingerprint density at radius 2 is 2.00 bits per heavy atom. The maximum Gasteiger partial charge on any atom is 0.124 e. The van der Waals surface area contributed by atoms with E-state index in [0.29, 0.717) is 0 Å². The highest BCUT2D eigenvalue weighted by molar-refractivity contribution is 5.86. The second-order valence-electron chi connectivity index (χ2n) is 8.16. The summed E-state index contributed by atoms with van der Waals surface area (Å²) in [6.07, 6.45) is 5.16. The van der Waals surface area contributed by atoms with Crippen molar-refractivity contribution in [3.8, 4) is 0 Å². The Balaban J connectivity index is 1.86. The van der Waals surface area contributed by atoms with Crippen LogP contribution < -0.4 is 0 Å². The molecule has 1 unspecified atom stereocenters. The summed E-state index contributed by atoms with van der Waals surface area (Å²) in [5, 5.41) is 1.22. The highest BCUT2D eigenvalue weighted by atomic mass is 19.1. The number of hydrogen-bond donors (Lipinski definition) is 1. The summed E-state index contributed by atoms with van der Waals surface area (Å²) in [6, 6.07) is 6.57. The molecule has 0 amide bonds. The van der Waals surface area contributed by atoms with Crippen LogP contribution in [0.1, 0.15) is 43.1 Å². The number of nitrogens with zero attached hydrogens (tertiary/aromatic N) is 1. The number of fused-ring (bicyclic) bond motifs is 3. The van der Waals surface area contributed by atoms with Crippen molar-refractivity contribution >= 4 is 10.9 Å². The number of aryl methyl sites for hydroxylation is 1. The Kier molecular flexibility index (Phi) is 5.34. The van der Waals surface area contributed by atoms with Crippen LogP contribution in [0.3, 0.4) is 0 Å². The highest BCUT2D eigenvalue weighted by Gasteiger charge is 2.38. The number of benzene rings is 1. The first-order valence-electron chi connectivity index (χ1n) is 10.3. The van der Waals surface area contributed by atoms with Crippen LogP contribution in [0.25, 0.3) is 10.9 Å². The number of H-pyrrole nitrogens is 1. The number of methoxy groups -OCH3 is 1. The van der Waals surface area contributed by atoms with Crippen molar-refractivity contribution in [2.45, 2.75) is 45.7 Å². The minimum atomic E-state index is -0.390. The molecule has 4 rings (SSSR count). The lowest BCUT2D eigenvalue weighted by Gasteiger charge is -2.43. The van der Waals surface area contributed by atoms with Crippen LogP contribution in [0.5, 0.6) is 0 Å². The van der Waals surface area contributed by atoms with Gasteiger partial charge in [0.25, 0.3) is 0 Å². The average molecular weight is 398 g/mol. The molecule has 2 aromatic rings. The summed E-state index contributed by atoms with van der Waals surface area (Å²) in [6.45, 7) is 7.22. The Hall–Kier alpha value is -2.40. The molecule has 1 N–H and O–H groups in total. The second-order valence-corrected chi connectivity index (χ2v) is 8.16. The van der Waals surface area contributed by atoms with E-state index in [1.807, 2.05) is 0 Å². The first kappa shape index (κ1) is 19.9. The molecule has 29 heavy (non-hydrogen) atoms. The fourth-order valence-electron chi connectivity index (χ4n) is 4.92. The van der Waals surface area contributed by atoms with Crippen LogP contribution in [-0.2, 0) is 11.2 Å². The number of halogens is 2. The molecule has 1 aromatic carbocycles. The van der Waals surface area contributed by atoms with Crippen molar-refractivity contribution in [2.75, 3.05) is 13.7 Å². The van der Waals surface area contributed by atoms with Gasteiger partial charge in [-0.25, -0.2) is 8.78 Å². The summed E-state index contributed by atoms with van der Waals surface area (Å²) < 4.78 is 34.5. The van der Waals surface area contributed by atoms with Crippen molar-refractivity contribution in [2.24, 2.45) is 5.92 Å². The maximum absolute atomic E-state index is 14.7. The third kappa shape index (κ3) is 3.64. The van der Waals surface area contributed by atoms with Crippen LogP contribution >= 0.6 is 0 Å². The van der Waals surface area contributed by atoms with Gasteiger partial charge in [-0.2, -0.15) is 0 Å². The minimum absolute atomic E-state index is 0.117. The van der Waals surface area contributed by atoms with E-state index in [1.54, 1.807) is 6.08 Å². The molecule has 0 fully saturated rings. The van der Waals surface area contributed by atoms with Crippen molar-refractivity contribution in [3.05, 3.63) is 70.7 Å². The van der Waals surface area contributed by atoms with E-state index < -0.39 is 5.83 Å². The molecule has 3 atom stereocenters. The number of aromatic nitrogens is 1. The topological polar surface area (TPSA) is 28.3 Å². The lowest BCUT2D eigenvalue weighted by atomic mass is 9.83. The van der Waals surface area contributed by atoms with Crippen molar-refractivity contribution in [1.29, 1.82) is 0 Å². The number of likely N-dealkylation sites (N-methyl/N-ethyl adjacent to an activating group) is 1. The van der Waals surface area contributed by atoms with Gasteiger partial charge in [-0.15, -0.1) is 0 Å².